The number of rotatable bonds is 3. The van der Waals surface area contributed by atoms with Gasteiger partial charge in [0.1, 0.15) is 7.85 Å². The molecule has 8 heavy (non-hydrogen) atoms. The van der Waals surface area contributed by atoms with Crippen LogP contribution in [0.2, 0.25) is 0 Å². The third kappa shape index (κ3) is 3.08. The van der Waals surface area contributed by atoms with Crippen LogP contribution in [0, 0.1) is 0 Å². The molecule has 0 fully saturated rings. The quantitative estimate of drug-likeness (QED) is 0.457. The van der Waals surface area contributed by atoms with Crippen LogP contribution in [-0.2, 0) is 4.74 Å². The largest absolute Gasteiger partial charge is 0.390 e. The average molecular weight is 116 g/mol. The molecule has 1 nitrogen and oxygen atoms in total. The lowest BCUT2D eigenvalue weighted by Crippen LogP contribution is -2.30. The van der Waals surface area contributed by atoms with Gasteiger partial charge in [0.15, 0.2) is 0 Å². The fourth-order valence-corrected chi connectivity index (χ4v) is 0.429. The Morgan fingerprint density at radius 2 is 2.25 bits per heavy atom. The fourth-order valence-electron chi connectivity index (χ4n) is 0.429. The summed E-state index contributed by atoms with van der Waals surface area (Å²) in [4.78, 5) is 0. The highest BCUT2D eigenvalue weighted by Gasteiger charge is 2.18. The van der Waals surface area contributed by atoms with Crippen molar-refractivity contribution < 1.29 is 9.05 Å². The maximum Gasteiger partial charge on any atom is 0.363 e. The predicted molar refractivity (Wildman–Crippen MR) is 36.8 cm³/mol. The molecule has 0 aromatic rings. The molecule has 0 aromatic carbocycles. The van der Waals surface area contributed by atoms with Gasteiger partial charge in [0.2, 0.25) is 0 Å². The van der Waals surface area contributed by atoms with E-state index in [0.29, 0.717) is 6.51 Å². The molecule has 0 bridgehead atoms. The van der Waals surface area contributed by atoms with Gasteiger partial charge in [-0.3, -0.25) is 0 Å². The van der Waals surface area contributed by atoms with E-state index in [1.807, 2.05) is 7.85 Å². The van der Waals surface area contributed by atoms with Crippen LogP contribution in [0.15, 0.2) is 0 Å². The lowest BCUT2D eigenvalue weighted by molar-refractivity contribution is 0.0718. The zero-order valence-corrected chi connectivity index (χ0v) is 5.70. The van der Waals surface area contributed by atoms with E-state index in [0.717, 1.165) is 0 Å². The van der Waals surface area contributed by atoms with Crippen molar-refractivity contribution in [2.75, 3.05) is 6.51 Å². The molecule has 0 aromatic heterocycles. The molecule has 46 valence electrons. The number of halogens is 1. The minimum atomic E-state index is -0.575. The summed E-state index contributed by atoms with van der Waals surface area (Å²) in [6.07, 6.45) is 0. The summed E-state index contributed by atoms with van der Waals surface area (Å²) >= 11 is 0. The Balaban J connectivity index is 3.37. The second-order valence-corrected chi connectivity index (χ2v) is 2.33. The third-order valence-corrected chi connectivity index (χ3v) is 0.857. The first-order valence-corrected chi connectivity index (χ1v) is 2.82. The predicted octanol–water partition coefficient (Wildman–Crippen LogP) is -0.349. The molecule has 0 aliphatic heterocycles. The first kappa shape index (κ1) is 8.02. The molecule has 4 heteroatoms. The summed E-state index contributed by atoms with van der Waals surface area (Å²) in [6, 6.07) is 0. The standard InChI is InChI=1S/C4H11B2FO/c1-4(2,6-7)8-3-5/h6H,3,5H2,1-2H3. The summed E-state index contributed by atoms with van der Waals surface area (Å²) in [7, 11) is 1.44. The van der Waals surface area contributed by atoms with Crippen molar-refractivity contribution in [2.24, 2.45) is 0 Å². The van der Waals surface area contributed by atoms with Crippen LogP contribution in [0.5, 0.6) is 0 Å². The van der Waals surface area contributed by atoms with Crippen LogP contribution in [0.1, 0.15) is 13.8 Å². The van der Waals surface area contributed by atoms with Gasteiger partial charge in [-0.05, 0) is 13.8 Å². The fraction of sp³-hybridized carbons (Fsp3) is 1.00. The van der Waals surface area contributed by atoms with Crippen molar-refractivity contribution >= 4 is 15.4 Å². The van der Waals surface area contributed by atoms with Crippen LogP contribution in [0.4, 0.5) is 4.32 Å². The molecule has 0 atom stereocenters. The van der Waals surface area contributed by atoms with Gasteiger partial charge in [-0.2, -0.15) is 0 Å². The Morgan fingerprint density at radius 1 is 1.75 bits per heavy atom. The Labute approximate surface area is 51.3 Å². The van der Waals surface area contributed by atoms with Crippen LogP contribution < -0.4 is 0 Å². The molecule has 0 aliphatic carbocycles. The van der Waals surface area contributed by atoms with Gasteiger partial charge in [-0.25, -0.2) is 0 Å². The van der Waals surface area contributed by atoms with E-state index in [-0.39, 0.29) is 0 Å². The van der Waals surface area contributed by atoms with Gasteiger partial charge >= 0.3 is 7.56 Å². The molecular formula is C4H11B2FO. The van der Waals surface area contributed by atoms with Gasteiger partial charge in [0.05, 0.1) is 5.50 Å². The molecule has 0 rings (SSSR count). The van der Waals surface area contributed by atoms with Gasteiger partial charge in [0.25, 0.3) is 0 Å². The summed E-state index contributed by atoms with van der Waals surface area (Å²) in [5.74, 6) is 0. The molecule has 0 radical (unpaired) electrons. The maximum absolute atomic E-state index is 11.8. The molecule has 0 aliphatic rings. The minimum Gasteiger partial charge on any atom is -0.390 e. The first-order chi connectivity index (χ1) is 3.62. The summed E-state index contributed by atoms with van der Waals surface area (Å²) in [6.45, 7) is 4.05. The second kappa shape index (κ2) is 3.13. The van der Waals surface area contributed by atoms with E-state index in [1.165, 1.54) is 0 Å². The van der Waals surface area contributed by atoms with Gasteiger partial charge in [0, 0.05) is 6.51 Å². The highest BCUT2D eigenvalue weighted by molar-refractivity contribution is 6.30. The van der Waals surface area contributed by atoms with Crippen molar-refractivity contribution in [1.29, 1.82) is 0 Å². The van der Waals surface area contributed by atoms with Crippen molar-refractivity contribution in [3.63, 3.8) is 0 Å². The Kier molecular flexibility index (Phi) is 3.13. The molecule has 0 heterocycles. The number of hydrogen-bond acceptors (Lipinski definition) is 1. The number of hydrogen-bond donors (Lipinski definition) is 0. The van der Waals surface area contributed by atoms with E-state index in [9.17, 15) is 4.32 Å². The summed E-state index contributed by atoms with van der Waals surface area (Å²) < 4.78 is 16.8. The first-order valence-electron chi connectivity index (χ1n) is 2.82. The molecule has 0 N–H and O–H groups in total. The van der Waals surface area contributed by atoms with Gasteiger partial charge in [-0.15, -0.1) is 0 Å². The second-order valence-electron chi connectivity index (χ2n) is 2.33. The monoisotopic (exact) mass is 116 g/mol. The highest BCUT2D eigenvalue weighted by Crippen LogP contribution is 2.05. The SMILES string of the molecule is BCOC(C)(C)BF. The lowest BCUT2D eigenvalue weighted by Gasteiger charge is -2.18. The van der Waals surface area contributed by atoms with Crippen LogP contribution in [0.3, 0.4) is 0 Å². The normalized spacial score (nSPS) is 11.4. The average Bonchev–Trinajstić information content (AvgIpc) is 1.67. The molecule has 0 saturated carbocycles. The van der Waals surface area contributed by atoms with Crippen LogP contribution in [-0.4, -0.2) is 27.4 Å². The molecular weight excluding hydrogens is 105 g/mol. The van der Waals surface area contributed by atoms with Crippen LogP contribution >= 0.6 is 0 Å². The summed E-state index contributed by atoms with van der Waals surface area (Å²) in [5, 5.41) is 0. The maximum atomic E-state index is 11.8. The van der Waals surface area contributed by atoms with Gasteiger partial charge < -0.3 is 9.05 Å². The van der Waals surface area contributed by atoms with E-state index < -0.39 is 13.1 Å². The van der Waals surface area contributed by atoms with E-state index in [4.69, 9.17) is 4.74 Å². The van der Waals surface area contributed by atoms with Gasteiger partial charge in [-0.1, -0.05) is 0 Å². The zero-order chi connectivity index (χ0) is 6.62. The number of ether oxygens (including phenoxy) is 1. The Morgan fingerprint density at radius 3 is 2.38 bits per heavy atom. The molecule has 0 saturated heterocycles. The van der Waals surface area contributed by atoms with Crippen molar-refractivity contribution in [2.45, 2.75) is 19.3 Å². The minimum absolute atomic E-state index is 0.416. The van der Waals surface area contributed by atoms with Crippen molar-refractivity contribution in [1.82, 2.24) is 0 Å². The Hall–Kier alpha value is 0.0199. The van der Waals surface area contributed by atoms with Crippen molar-refractivity contribution in [3.8, 4) is 0 Å². The highest BCUT2D eigenvalue weighted by atomic mass is 19.1. The topological polar surface area (TPSA) is 9.23 Å². The van der Waals surface area contributed by atoms with Crippen molar-refractivity contribution in [3.05, 3.63) is 0 Å². The lowest BCUT2D eigenvalue weighted by atomic mass is 9.81. The zero-order valence-electron chi connectivity index (χ0n) is 5.70. The molecule has 0 spiro atoms. The van der Waals surface area contributed by atoms with E-state index in [2.05, 4.69) is 0 Å². The molecule has 0 amide bonds. The van der Waals surface area contributed by atoms with E-state index in [1.54, 1.807) is 13.8 Å². The summed E-state index contributed by atoms with van der Waals surface area (Å²) in [5.41, 5.74) is -0.575. The van der Waals surface area contributed by atoms with E-state index >= 15 is 0 Å². The third-order valence-electron chi connectivity index (χ3n) is 0.857. The smallest absolute Gasteiger partial charge is 0.363 e. The van der Waals surface area contributed by atoms with Crippen LogP contribution in [0.25, 0.3) is 0 Å². The molecule has 0 unspecified atom stereocenters. The Bertz CT molecular complexity index is 67.1.